The van der Waals surface area contributed by atoms with Crippen molar-refractivity contribution in [3.63, 3.8) is 0 Å². The van der Waals surface area contributed by atoms with Crippen molar-refractivity contribution in [2.75, 3.05) is 6.54 Å². The largest absolute Gasteiger partial charge is 0.504 e. The van der Waals surface area contributed by atoms with Crippen LogP contribution in [0.25, 0.3) is 0 Å². The second-order valence-corrected chi connectivity index (χ2v) is 11.7. The first-order valence-corrected chi connectivity index (χ1v) is 13.7. The number of phenolic OH excluding ortho intramolecular Hbond substituents is 4. The number of hydrogen-bond donors (Lipinski definition) is 4. The number of nitrogens with zero attached hydrogens (tertiary/aromatic N) is 1. The van der Waals surface area contributed by atoms with Gasteiger partial charge in [0.2, 0.25) is 0 Å². The molecule has 4 N–H and O–H groups in total. The summed E-state index contributed by atoms with van der Waals surface area (Å²) in [6.45, 7) is 1.78. The van der Waals surface area contributed by atoms with Gasteiger partial charge < -0.3 is 20.4 Å². The third kappa shape index (κ3) is 6.75. The smallest absolute Gasteiger partial charge is 0.256 e. The summed E-state index contributed by atoms with van der Waals surface area (Å²) in [4.78, 5) is -1.02. The molecular formula is C22H31NO8S2. The van der Waals surface area contributed by atoms with Crippen molar-refractivity contribution in [1.29, 1.82) is 0 Å². The Kier molecular flexibility index (Phi) is 9.38. The highest BCUT2D eigenvalue weighted by Gasteiger charge is 2.37. The minimum Gasteiger partial charge on any atom is -0.504 e. The molecule has 0 amide bonds. The number of aromatic hydroxyl groups is 4. The van der Waals surface area contributed by atoms with E-state index in [1.807, 2.05) is 0 Å². The Bertz CT molecular complexity index is 1070. The molecular weight excluding hydrogens is 470 g/mol. The van der Waals surface area contributed by atoms with E-state index in [9.17, 15) is 37.3 Å². The maximum atomic E-state index is 13.2. The second kappa shape index (κ2) is 11.6. The molecule has 0 atom stereocenters. The molecule has 0 saturated heterocycles. The molecule has 0 radical (unpaired) electrons. The third-order valence-electron chi connectivity index (χ3n) is 5.22. The number of phenols is 4. The van der Waals surface area contributed by atoms with Gasteiger partial charge in [-0.2, -0.15) is 0 Å². The van der Waals surface area contributed by atoms with Gasteiger partial charge >= 0.3 is 0 Å². The molecule has 0 unspecified atom stereocenters. The Morgan fingerprint density at radius 3 is 1.39 bits per heavy atom. The van der Waals surface area contributed by atoms with Gasteiger partial charge in [-0.1, -0.05) is 55.6 Å². The first-order valence-electron chi connectivity index (χ1n) is 10.8. The SMILES string of the molecule is CCCCCCCCCCN(S(=O)(=O)c1ccc(O)c(O)c1)S(=O)(=O)c1ccc(O)c(O)c1. The van der Waals surface area contributed by atoms with Crippen LogP contribution in [0, 0.1) is 0 Å². The van der Waals surface area contributed by atoms with Gasteiger partial charge in [-0.3, -0.25) is 0 Å². The molecule has 0 aliphatic rings. The predicted octanol–water partition coefficient (Wildman–Crippen LogP) is 4.03. The van der Waals surface area contributed by atoms with Crippen molar-refractivity contribution in [3.05, 3.63) is 36.4 Å². The van der Waals surface area contributed by atoms with Crippen molar-refractivity contribution in [2.45, 2.75) is 68.1 Å². The second-order valence-electron chi connectivity index (χ2n) is 7.78. The number of sulfonamides is 2. The van der Waals surface area contributed by atoms with Crippen LogP contribution in [0.4, 0.5) is 0 Å². The van der Waals surface area contributed by atoms with Gasteiger partial charge in [-0.25, -0.2) is 16.8 Å². The molecule has 2 aromatic carbocycles. The fraction of sp³-hybridized carbons (Fsp3) is 0.455. The first-order chi connectivity index (χ1) is 15.5. The molecule has 9 nitrogen and oxygen atoms in total. The minimum absolute atomic E-state index is 0.278. The summed E-state index contributed by atoms with van der Waals surface area (Å²) in [5.41, 5.74) is 0. The van der Waals surface area contributed by atoms with E-state index in [1.54, 1.807) is 0 Å². The average molecular weight is 502 g/mol. The molecule has 0 aliphatic heterocycles. The molecule has 0 spiro atoms. The lowest BCUT2D eigenvalue weighted by Crippen LogP contribution is -2.37. The van der Waals surface area contributed by atoms with E-state index < -0.39 is 52.8 Å². The van der Waals surface area contributed by atoms with Crippen LogP contribution < -0.4 is 0 Å². The zero-order chi connectivity index (χ0) is 24.6. The van der Waals surface area contributed by atoms with Crippen LogP contribution in [0.2, 0.25) is 0 Å². The Morgan fingerprint density at radius 2 is 1.00 bits per heavy atom. The molecule has 184 valence electrons. The molecule has 0 aromatic heterocycles. The van der Waals surface area contributed by atoms with Crippen LogP contribution in [0.5, 0.6) is 23.0 Å². The lowest BCUT2D eigenvalue weighted by atomic mass is 10.1. The van der Waals surface area contributed by atoms with Crippen molar-refractivity contribution < 1.29 is 37.3 Å². The molecule has 2 aromatic rings. The van der Waals surface area contributed by atoms with E-state index in [-0.39, 0.29) is 13.0 Å². The number of benzene rings is 2. The summed E-state index contributed by atoms with van der Waals surface area (Å²) >= 11 is 0. The highest BCUT2D eigenvalue weighted by atomic mass is 32.3. The van der Waals surface area contributed by atoms with Gasteiger partial charge in [0.05, 0.1) is 9.79 Å². The third-order valence-corrected chi connectivity index (χ3v) is 9.53. The van der Waals surface area contributed by atoms with E-state index in [4.69, 9.17) is 0 Å². The Hall–Kier alpha value is -2.50. The van der Waals surface area contributed by atoms with E-state index in [2.05, 4.69) is 6.92 Å². The van der Waals surface area contributed by atoms with Crippen molar-refractivity contribution in [2.24, 2.45) is 0 Å². The van der Waals surface area contributed by atoms with Gasteiger partial charge in [0, 0.05) is 18.7 Å². The Balaban J connectivity index is 2.31. The van der Waals surface area contributed by atoms with E-state index in [0.29, 0.717) is 10.1 Å². The molecule has 0 heterocycles. The topological polar surface area (TPSA) is 152 Å². The molecule has 0 bridgehead atoms. The fourth-order valence-electron chi connectivity index (χ4n) is 3.31. The average Bonchev–Trinajstić information content (AvgIpc) is 2.75. The Labute approximate surface area is 195 Å². The molecule has 11 heteroatoms. The number of unbranched alkanes of at least 4 members (excludes halogenated alkanes) is 7. The fourth-order valence-corrected chi connectivity index (χ4v) is 7.07. The van der Waals surface area contributed by atoms with Gasteiger partial charge in [0.1, 0.15) is 0 Å². The van der Waals surface area contributed by atoms with Crippen molar-refractivity contribution in [1.82, 2.24) is 3.71 Å². The summed E-state index contributed by atoms with van der Waals surface area (Å²) in [5.74, 6) is -2.50. The maximum absolute atomic E-state index is 13.2. The summed E-state index contributed by atoms with van der Waals surface area (Å²) in [5, 5.41) is 38.4. The summed E-state index contributed by atoms with van der Waals surface area (Å²) in [6.07, 6.45) is 7.17. The summed E-state index contributed by atoms with van der Waals surface area (Å²) in [7, 11) is -9.29. The standard InChI is InChI=1S/C22H31NO8S2/c1-2-3-4-5-6-7-8-9-14-23(32(28,29)17-10-12-19(24)21(26)15-17)33(30,31)18-11-13-20(25)22(27)16-18/h10-13,15-16,24-27H,2-9,14H2,1H3. The molecule has 0 aliphatic carbocycles. The van der Waals surface area contributed by atoms with Gasteiger partial charge in [-0.05, 0) is 30.7 Å². The quantitative estimate of drug-likeness (QED) is 0.237. The van der Waals surface area contributed by atoms with Crippen molar-refractivity contribution >= 4 is 20.0 Å². The highest BCUT2D eigenvalue weighted by Crippen LogP contribution is 2.33. The minimum atomic E-state index is -4.64. The lowest BCUT2D eigenvalue weighted by Gasteiger charge is -2.22. The van der Waals surface area contributed by atoms with E-state index in [0.717, 1.165) is 74.9 Å². The molecule has 2 rings (SSSR count). The van der Waals surface area contributed by atoms with Gasteiger partial charge in [-0.15, -0.1) is 0 Å². The summed E-state index contributed by atoms with van der Waals surface area (Å²) in [6, 6.07) is 5.44. The van der Waals surface area contributed by atoms with Gasteiger partial charge in [0.25, 0.3) is 20.0 Å². The zero-order valence-electron chi connectivity index (χ0n) is 18.5. The molecule has 33 heavy (non-hydrogen) atoms. The zero-order valence-corrected chi connectivity index (χ0v) is 20.1. The van der Waals surface area contributed by atoms with Crippen LogP contribution in [-0.2, 0) is 20.0 Å². The van der Waals surface area contributed by atoms with Crippen molar-refractivity contribution in [3.8, 4) is 23.0 Å². The highest BCUT2D eigenvalue weighted by molar-refractivity contribution is 8.04. The van der Waals surface area contributed by atoms with Crippen LogP contribution >= 0.6 is 0 Å². The first kappa shape index (κ1) is 26.7. The molecule has 0 saturated carbocycles. The van der Waals surface area contributed by atoms with E-state index >= 15 is 0 Å². The monoisotopic (exact) mass is 501 g/mol. The van der Waals surface area contributed by atoms with Crippen LogP contribution in [0.1, 0.15) is 58.3 Å². The Morgan fingerprint density at radius 1 is 0.606 bits per heavy atom. The summed E-state index contributed by atoms with van der Waals surface area (Å²) < 4.78 is 53.3. The van der Waals surface area contributed by atoms with Crippen LogP contribution in [-0.4, -0.2) is 47.5 Å². The normalized spacial score (nSPS) is 12.3. The van der Waals surface area contributed by atoms with Gasteiger partial charge in [0.15, 0.2) is 23.0 Å². The number of hydrogen-bond acceptors (Lipinski definition) is 8. The molecule has 0 fully saturated rings. The van der Waals surface area contributed by atoms with E-state index in [1.165, 1.54) is 0 Å². The lowest BCUT2D eigenvalue weighted by molar-refractivity contribution is 0.401. The number of rotatable bonds is 13. The van der Waals surface area contributed by atoms with Crippen LogP contribution in [0.15, 0.2) is 46.2 Å². The maximum Gasteiger partial charge on any atom is 0.256 e. The van der Waals surface area contributed by atoms with Crippen LogP contribution in [0.3, 0.4) is 0 Å². The predicted molar refractivity (Wildman–Crippen MR) is 123 cm³/mol.